The maximum absolute atomic E-state index is 12.6. The van der Waals surface area contributed by atoms with Crippen LogP contribution in [-0.2, 0) is 0 Å². The summed E-state index contributed by atoms with van der Waals surface area (Å²) in [5, 5.41) is 2.81. The van der Waals surface area contributed by atoms with Crippen LogP contribution in [0, 0.1) is 5.92 Å². The topological polar surface area (TPSA) is 62.3 Å². The van der Waals surface area contributed by atoms with Crippen molar-refractivity contribution in [2.45, 2.75) is 19.8 Å². The molecule has 5 nitrogen and oxygen atoms in total. The number of rotatable bonds is 3. The zero-order valence-electron chi connectivity index (χ0n) is 13.7. The first-order chi connectivity index (χ1) is 11.6. The second kappa shape index (κ2) is 7.25. The third kappa shape index (κ3) is 3.79. The summed E-state index contributed by atoms with van der Waals surface area (Å²) < 4.78 is 0. The van der Waals surface area contributed by atoms with Crippen LogP contribution in [-0.4, -0.2) is 34.8 Å². The van der Waals surface area contributed by atoms with Gasteiger partial charge in [-0.25, -0.2) is 0 Å². The van der Waals surface area contributed by atoms with Crippen LogP contribution in [0.25, 0.3) is 0 Å². The zero-order chi connectivity index (χ0) is 16.9. The normalized spacial score (nSPS) is 15.1. The third-order valence-corrected chi connectivity index (χ3v) is 4.36. The molecule has 2 amide bonds. The van der Waals surface area contributed by atoms with Crippen LogP contribution in [0.5, 0.6) is 0 Å². The maximum Gasteiger partial charge on any atom is 0.257 e. The van der Waals surface area contributed by atoms with Crippen molar-refractivity contribution in [1.82, 2.24) is 9.88 Å². The van der Waals surface area contributed by atoms with E-state index in [1.807, 2.05) is 4.90 Å². The van der Waals surface area contributed by atoms with Crippen molar-refractivity contribution in [3.63, 3.8) is 0 Å². The molecule has 1 aliphatic heterocycles. The highest BCUT2D eigenvalue weighted by molar-refractivity contribution is 6.04. The summed E-state index contributed by atoms with van der Waals surface area (Å²) in [7, 11) is 0. The number of anilines is 1. The predicted octanol–water partition coefficient (Wildman–Crippen LogP) is 3.21. The van der Waals surface area contributed by atoms with E-state index in [4.69, 9.17) is 0 Å². The van der Waals surface area contributed by atoms with E-state index in [1.54, 1.807) is 42.6 Å². The minimum atomic E-state index is -0.237. The molecule has 1 N–H and O–H groups in total. The number of hydrogen-bond donors (Lipinski definition) is 1. The van der Waals surface area contributed by atoms with Crippen molar-refractivity contribution in [3.8, 4) is 0 Å². The summed E-state index contributed by atoms with van der Waals surface area (Å²) in [4.78, 5) is 30.6. The van der Waals surface area contributed by atoms with Crippen molar-refractivity contribution in [1.29, 1.82) is 0 Å². The van der Waals surface area contributed by atoms with Gasteiger partial charge in [-0.2, -0.15) is 0 Å². The van der Waals surface area contributed by atoms with Crippen molar-refractivity contribution < 1.29 is 9.59 Å². The Morgan fingerprint density at radius 3 is 2.58 bits per heavy atom. The highest BCUT2D eigenvalue weighted by atomic mass is 16.2. The molecule has 124 valence electrons. The van der Waals surface area contributed by atoms with Gasteiger partial charge >= 0.3 is 0 Å². The molecular weight excluding hydrogens is 302 g/mol. The highest BCUT2D eigenvalue weighted by Crippen LogP contribution is 2.20. The van der Waals surface area contributed by atoms with Gasteiger partial charge in [0.1, 0.15) is 0 Å². The third-order valence-electron chi connectivity index (χ3n) is 4.36. The molecule has 1 saturated heterocycles. The van der Waals surface area contributed by atoms with E-state index in [-0.39, 0.29) is 11.8 Å². The van der Waals surface area contributed by atoms with Gasteiger partial charge in [-0.15, -0.1) is 0 Å². The maximum atomic E-state index is 12.6. The van der Waals surface area contributed by atoms with E-state index in [9.17, 15) is 9.59 Å². The van der Waals surface area contributed by atoms with Crippen LogP contribution in [0.2, 0.25) is 0 Å². The fourth-order valence-corrected chi connectivity index (χ4v) is 2.82. The van der Waals surface area contributed by atoms with Crippen LogP contribution in [0.4, 0.5) is 5.69 Å². The molecule has 3 rings (SSSR count). The summed E-state index contributed by atoms with van der Waals surface area (Å²) in [6.07, 6.45) is 5.22. The first kappa shape index (κ1) is 16.2. The predicted molar refractivity (Wildman–Crippen MR) is 92.9 cm³/mol. The van der Waals surface area contributed by atoms with Gasteiger partial charge in [-0.3, -0.25) is 14.6 Å². The van der Waals surface area contributed by atoms with Gasteiger partial charge in [0.15, 0.2) is 0 Å². The van der Waals surface area contributed by atoms with Crippen LogP contribution < -0.4 is 5.32 Å². The zero-order valence-corrected chi connectivity index (χ0v) is 13.7. The Labute approximate surface area is 141 Å². The fourth-order valence-electron chi connectivity index (χ4n) is 2.82. The van der Waals surface area contributed by atoms with Gasteiger partial charge in [0, 0.05) is 36.7 Å². The van der Waals surface area contributed by atoms with E-state index in [2.05, 4.69) is 17.2 Å². The molecule has 2 heterocycles. The average Bonchev–Trinajstić information content (AvgIpc) is 2.63. The largest absolute Gasteiger partial charge is 0.339 e. The van der Waals surface area contributed by atoms with Crippen molar-refractivity contribution in [2.24, 2.45) is 5.92 Å². The Morgan fingerprint density at radius 1 is 1.12 bits per heavy atom. The molecule has 0 spiro atoms. The lowest BCUT2D eigenvalue weighted by Gasteiger charge is -2.30. The minimum absolute atomic E-state index is 0.0272. The number of benzene rings is 1. The molecule has 1 fully saturated rings. The molecule has 0 radical (unpaired) electrons. The number of nitrogens with one attached hydrogen (secondary N) is 1. The lowest BCUT2D eigenvalue weighted by molar-refractivity contribution is 0.0697. The van der Waals surface area contributed by atoms with Crippen molar-refractivity contribution >= 4 is 17.5 Å². The van der Waals surface area contributed by atoms with Gasteiger partial charge in [0.05, 0.1) is 5.56 Å². The van der Waals surface area contributed by atoms with Crippen molar-refractivity contribution in [2.75, 3.05) is 18.4 Å². The molecule has 0 aliphatic carbocycles. The van der Waals surface area contributed by atoms with Crippen LogP contribution in [0.1, 0.15) is 40.5 Å². The number of pyridine rings is 1. The molecule has 5 heteroatoms. The summed E-state index contributed by atoms with van der Waals surface area (Å²) in [6, 6.07) is 10.5. The number of amides is 2. The van der Waals surface area contributed by atoms with E-state index >= 15 is 0 Å². The van der Waals surface area contributed by atoms with Crippen LogP contribution in [0.3, 0.4) is 0 Å². The standard InChI is InChI=1S/C19H21N3O2/c1-14-7-10-22(11-8-14)19(24)15-4-2-6-17(12-15)21-18(23)16-5-3-9-20-13-16/h2-6,9,12-14H,7-8,10-11H2,1H3,(H,21,23). The summed E-state index contributed by atoms with van der Waals surface area (Å²) in [5.41, 5.74) is 1.70. The van der Waals surface area contributed by atoms with Gasteiger partial charge in [-0.05, 0) is 49.1 Å². The van der Waals surface area contributed by atoms with Gasteiger partial charge in [-0.1, -0.05) is 13.0 Å². The van der Waals surface area contributed by atoms with E-state index in [0.717, 1.165) is 25.9 Å². The summed E-state index contributed by atoms with van der Waals surface area (Å²) in [6.45, 7) is 3.81. The SMILES string of the molecule is CC1CCN(C(=O)c2cccc(NC(=O)c3cccnc3)c2)CC1. The molecule has 0 unspecified atom stereocenters. The first-order valence-corrected chi connectivity index (χ1v) is 8.24. The number of nitrogens with zero attached hydrogens (tertiary/aromatic N) is 2. The Bertz CT molecular complexity index is 722. The molecule has 0 bridgehead atoms. The highest BCUT2D eigenvalue weighted by Gasteiger charge is 2.21. The number of carbonyl (C=O) groups is 2. The smallest absolute Gasteiger partial charge is 0.257 e. The van der Waals surface area contributed by atoms with Crippen LogP contribution in [0.15, 0.2) is 48.8 Å². The quantitative estimate of drug-likeness (QED) is 0.943. The van der Waals surface area contributed by atoms with Crippen molar-refractivity contribution in [3.05, 3.63) is 59.9 Å². The molecule has 2 aromatic rings. The Balaban J connectivity index is 1.70. The molecule has 1 aliphatic rings. The van der Waals surface area contributed by atoms with Gasteiger partial charge < -0.3 is 10.2 Å². The number of hydrogen-bond acceptors (Lipinski definition) is 3. The minimum Gasteiger partial charge on any atom is -0.339 e. The Kier molecular flexibility index (Phi) is 4.89. The molecule has 1 aromatic carbocycles. The van der Waals surface area contributed by atoms with Crippen LogP contribution >= 0.6 is 0 Å². The molecule has 0 atom stereocenters. The Morgan fingerprint density at radius 2 is 1.88 bits per heavy atom. The molecule has 24 heavy (non-hydrogen) atoms. The van der Waals surface area contributed by atoms with E-state index < -0.39 is 0 Å². The number of likely N-dealkylation sites (tertiary alicyclic amines) is 1. The number of piperidine rings is 1. The van der Waals surface area contributed by atoms with E-state index in [0.29, 0.717) is 22.7 Å². The second-order valence-corrected chi connectivity index (χ2v) is 6.25. The molecule has 0 saturated carbocycles. The average molecular weight is 323 g/mol. The molecular formula is C19H21N3O2. The van der Waals surface area contributed by atoms with E-state index in [1.165, 1.54) is 6.20 Å². The summed E-state index contributed by atoms with van der Waals surface area (Å²) >= 11 is 0. The second-order valence-electron chi connectivity index (χ2n) is 6.25. The Hall–Kier alpha value is -2.69. The van der Waals surface area contributed by atoms with Gasteiger partial charge in [0.2, 0.25) is 0 Å². The first-order valence-electron chi connectivity index (χ1n) is 8.24. The number of carbonyl (C=O) groups excluding carboxylic acids is 2. The monoisotopic (exact) mass is 323 g/mol. The fraction of sp³-hybridized carbons (Fsp3) is 0.316. The molecule has 1 aromatic heterocycles. The van der Waals surface area contributed by atoms with Gasteiger partial charge in [0.25, 0.3) is 11.8 Å². The summed E-state index contributed by atoms with van der Waals surface area (Å²) in [5.74, 6) is 0.470. The number of aromatic nitrogens is 1. The lowest BCUT2D eigenvalue weighted by Crippen LogP contribution is -2.37. The lowest BCUT2D eigenvalue weighted by atomic mass is 9.98.